The van der Waals surface area contributed by atoms with E-state index < -0.39 is 5.82 Å². The van der Waals surface area contributed by atoms with E-state index in [0.717, 1.165) is 6.07 Å². The zero-order valence-corrected chi connectivity index (χ0v) is 7.11. The first-order chi connectivity index (χ1) is 5.74. The lowest BCUT2D eigenvalue weighted by molar-refractivity contribution is 0.467. The molecule has 0 aliphatic carbocycles. The molecule has 0 spiro atoms. The first kappa shape index (κ1) is 8.95. The minimum atomic E-state index is -0.469. The molecule has 0 saturated heterocycles. The molecular weight excluding hydrogens is 175 g/mol. The summed E-state index contributed by atoms with van der Waals surface area (Å²) >= 11 is 3.88. The third kappa shape index (κ3) is 2.18. The van der Waals surface area contributed by atoms with Gasteiger partial charge in [-0.3, -0.25) is 0 Å². The molecule has 1 nitrogen and oxygen atoms in total. The molecule has 3 heteroatoms. The van der Waals surface area contributed by atoms with Crippen LogP contribution in [0, 0.1) is 17.7 Å². The third-order valence-corrected chi connectivity index (χ3v) is 1.42. The quantitative estimate of drug-likeness (QED) is 0.463. The minimum absolute atomic E-state index is 0.135. The summed E-state index contributed by atoms with van der Waals surface area (Å²) in [6, 6.07) is 3.71. The molecule has 0 unspecified atom stereocenters. The molecule has 1 aromatic carbocycles. The molecule has 0 aliphatic heterocycles. The van der Waals surface area contributed by atoms with Gasteiger partial charge in [-0.05, 0) is 12.1 Å². The second kappa shape index (κ2) is 4.03. The zero-order chi connectivity index (χ0) is 8.97. The van der Waals surface area contributed by atoms with E-state index in [1.54, 1.807) is 0 Å². The van der Waals surface area contributed by atoms with Crippen molar-refractivity contribution in [2.75, 3.05) is 5.75 Å². The first-order valence-electron chi connectivity index (χ1n) is 3.32. The van der Waals surface area contributed by atoms with Gasteiger partial charge in [0.05, 0.1) is 11.3 Å². The van der Waals surface area contributed by atoms with Crippen molar-refractivity contribution in [3.05, 3.63) is 29.6 Å². The number of halogens is 1. The van der Waals surface area contributed by atoms with Crippen molar-refractivity contribution in [1.29, 1.82) is 0 Å². The van der Waals surface area contributed by atoms with Crippen molar-refractivity contribution in [2.45, 2.75) is 0 Å². The normalized spacial score (nSPS) is 8.83. The molecule has 0 atom stereocenters. The van der Waals surface area contributed by atoms with Crippen molar-refractivity contribution >= 4 is 12.6 Å². The highest BCUT2D eigenvalue weighted by Crippen LogP contribution is 2.16. The van der Waals surface area contributed by atoms with Crippen LogP contribution in [0.15, 0.2) is 18.2 Å². The maximum atomic E-state index is 12.4. The Balaban J connectivity index is 3.01. The van der Waals surface area contributed by atoms with E-state index in [2.05, 4.69) is 24.5 Å². The van der Waals surface area contributed by atoms with Crippen molar-refractivity contribution in [3.8, 4) is 17.6 Å². The highest BCUT2D eigenvalue weighted by Gasteiger charge is 1.97. The number of benzene rings is 1. The Morgan fingerprint density at radius 1 is 1.50 bits per heavy atom. The summed E-state index contributed by atoms with van der Waals surface area (Å²) in [4.78, 5) is 0. The Kier molecular flexibility index (Phi) is 3.01. The van der Waals surface area contributed by atoms with E-state index in [1.165, 1.54) is 12.1 Å². The fourth-order valence-electron chi connectivity index (χ4n) is 0.745. The van der Waals surface area contributed by atoms with Gasteiger partial charge < -0.3 is 5.11 Å². The summed E-state index contributed by atoms with van der Waals surface area (Å²) in [5.74, 6) is 5.11. The van der Waals surface area contributed by atoms with Crippen LogP contribution >= 0.6 is 12.6 Å². The molecule has 0 bridgehead atoms. The molecule has 1 aromatic rings. The van der Waals surface area contributed by atoms with Gasteiger partial charge in [0, 0.05) is 6.07 Å². The van der Waals surface area contributed by atoms with Gasteiger partial charge in [0.1, 0.15) is 11.6 Å². The summed E-state index contributed by atoms with van der Waals surface area (Å²) in [6.45, 7) is 0. The Bertz CT molecular complexity index is 338. The zero-order valence-electron chi connectivity index (χ0n) is 6.21. The van der Waals surface area contributed by atoms with E-state index in [-0.39, 0.29) is 5.75 Å². The average molecular weight is 182 g/mol. The molecule has 0 saturated carbocycles. The molecule has 0 aliphatic rings. The van der Waals surface area contributed by atoms with Crippen LogP contribution in [0.4, 0.5) is 4.39 Å². The number of hydrogen-bond acceptors (Lipinski definition) is 2. The van der Waals surface area contributed by atoms with Gasteiger partial charge in [0.2, 0.25) is 0 Å². The number of rotatable bonds is 0. The van der Waals surface area contributed by atoms with Crippen molar-refractivity contribution in [3.63, 3.8) is 0 Å². The minimum Gasteiger partial charge on any atom is -0.507 e. The molecular formula is C9H7FOS. The fourth-order valence-corrected chi connectivity index (χ4v) is 0.824. The standard InChI is InChI=1S/C9H7FOS/c10-8-4-3-7(2-1-5-12)9(11)6-8/h3-4,6,11-12H,5H2. The molecule has 0 aromatic heterocycles. The Hall–Kier alpha value is -1.14. The summed E-state index contributed by atoms with van der Waals surface area (Å²) in [5, 5.41) is 9.15. The predicted molar refractivity (Wildman–Crippen MR) is 48.8 cm³/mol. The van der Waals surface area contributed by atoms with E-state index in [9.17, 15) is 4.39 Å². The summed E-state index contributed by atoms with van der Waals surface area (Å²) in [7, 11) is 0. The van der Waals surface area contributed by atoms with E-state index >= 15 is 0 Å². The SMILES string of the molecule is Oc1cc(F)ccc1C#CCS. The predicted octanol–water partition coefficient (Wildman–Crippen LogP) is 1.81. The largest absolute Gasteiger partial charge is 0.507 e. The highest BCUT2D eigenvalue weighted by molar-refractivity contribution is 7.80. The Morgan fingerprint density at radius 3 is 2.83 bits per heavy atom. The molecule has 0 fully saturated rings. The van der Waals surface area contributed by atoms with Crippen LogP contribution in [0.5, 0.6) is 5.75 Å². The first-order valence-corrected chi connectivity index (χ1v) is 3.95. The highest BCUT2D eigenvalue weighted by atomic mass is 32.1. The number of phenolic OH excluding ortho intramolecular Hbond substituents is 1. The van der Waals surface area contributed by atoms with Crippen LogP contribution in [0.25, 0.3) is 0 Å². The van der Waals surface area contributed by atoms with Gasteiger partial charge in [-0.15, -0.1) is 0 Å². The van der Waals surface area contributed by atoms with Crippen molar-refractivity contribution < 1.29 is 9.50 Å². The van der Waals surface area contributed by atoms with Gasteiger partial charge in [0.25, 0.3) is 0 Å². The number of aromatic hydroxyl groups is 1. The second-order valence-corrected chi connectivity index (χ2v) is 2.44. The molecule has 0 heterocycles. The Morgan fingerprint density at radius 2 is 2.25 bits per heavy atom. The van der Waals surface area contributed by atoms with Gasteiger partial charge in [-0.2, -0.15) is 12.6 Å². The van der Waals surface area contributed by atoms with Gasteiger partial charge in [-0.1, -0.05) is 11.8 Å². The lowest BCUT2D eigenvalue weighted by Gasteiger charge is -1.94. The van der Waals surface area contributed by atoms with Crippen LogP contribution in [0.1, 0.15) is 5.56 Å². The van der Waals surface area contributed by atoms with Gasteiger partial charge in [0.15, 0.2) is 0 Å². The average Bonchev–Trinajstić information content (AvgIpc) is 2.03. The van der Waals surface area contributed by atoms with Gasteiger partial charge in [-0.25, -0.2) is 4.39 Å². The van der Waals surface area contributed by atoms with Crippen LogP contribution in [0.3, 0.4) is 0 Å². The van der Waals surface area contributed by atoms with Crippen molar-refractivity contribution in [1.82, 2.24) is 0 Å². The summed E-state index contributed by atoms with van der Waals surface area (Å²) < 4.78 is 12.4. The number of thiol groups is 1. The molecule has 0 radical (unpaired) electrons. The van der Waals surface area contributed by atoms with Crippen LogP contribution in [0.2, 0.25) is 0 Å². The maximum absolute atomic E-state index is 12.4. The summed E-state index contributed by atoms with van der Waals surface area (Å²) in [6.07, 6.45) is 0. The third-order valence-electron chi connectivity index (χ3n) is 1.26. The van der Waals surface area contributed by atoms with Crippen LogP contribution in [-0.2, 0) is 0 Å². The molecule has 1 rings (SSSR count). The van der Waals surface area contributed by atoms with Crippen LogP contribution < -0.4 is 0 Å². The number of hydrogen-bond donors (Lipinski definition) is 2. The fraction of sp³-hybridized carbons (Fsp3) is 0.111. The topological polar surface area (TPSA) is 20.2 Å². The van der Waals surface area contributed by atoms with Crippen LogP contribution in [-0.4, -0.2) is 10.9 Å². The van der Waals surface area contributed by atoms with E-state index in [1.807, 2.05) is 0 Å². The lowest BCUT2D eigenvalue weighted by Crippen LogP contribution is -1.79. The lowest BCUT2D eigenvalue weighted by atomic mass is 10.2. The monoisotopic (exact) mass is 182 g/mol. The molecule has 62 valence electrons. The van der Waals surface area contributed by atoms with E-state index in [0.29, 0.717) is 11.3 Å². The second-order valence-electron chi connectivity index (χ2n) is 2.12. The summed E-state index contributed by atoms with van der Waals surface area (Å²) in [5.41, 5.74) is 0.422. The van der Waals surface area contributed by atoms with E-state index in [4.69, 9.17) is 5.11 Å². The number of phenols is 1. The maximum Gasteiger partial charge on any atom is 0.134 e. The smallest absolute Gasteiger partial charge is 0.134 e. The van der Waals surface area contributed by atoms with Gasteiger partial charge >= 0.3 is 0 Å². The van der Waals surface area contributed by atoms with Crippen molar-refractivity contribution in [2.24, 2.45) is 0 Å². The molecule has 1 N–H and O–H groups in total. The molecule has 0 amide bonds. The Labute approximate surface area is 75.6 Å². The molecule has 12 heavy (non-hydrogen) atoms.